The van der Waals surface area contributed by atoms with Gasteiger partial charge in [0.1, 0.15) is 0 Å². The first kappa shape index (κ1) is 15.4. The lowest BCUT2D eigenvalue weighted by atomic mass is 10.1. The molecule has 4 heteroatoms. The molecule has 2 aromatic rings. The van der Waals surface area contributed by atoms with Gasteiger partial charge in [0.15, 0.2) is 0 Å². The number of nitrogens with one attached hydrogen (secondary N) is 1. The molecule has 0 bridgehead atoms. The van der Waals surface area contributed by atoms with E-state index in [0.29, 0.717) is 0 Å². The highest BCUT2D eigenvalue weighted by Crippen LogP contribution is 2.24. The third-order valence-electron chi connectivity index (χ3n) is 4.35. The van der Waals surface area contributed by atoms with Gasteiger partial charge in [-0.3, -0.25) is 0 Å². The van der Waals surface area contributed by atoms with Crippen LogP contribution < -0.4 is 10.2 Å². The summed E-state index contributed by atoms with van der Waals surface area (Å²) < 4.78 is 0. The van der Waals surface area contributed by atoms with Crippen LogP contribution in [-0.4, -0.2) is 38.1 Å². The van der Waals surface area contributed by atoms with Gasteiger partial charge < -0.3 is 15.1 Å². The SMILES string of the molecule is Cc1cc(CNc2ccc(N3CCN(C)CC3)cc2C)cs1. The second-order valence-electron chi connectivity index (χ2n) is 6.21. The minimum Gasteiger partial charge on any atom is -0.381 e. The molecule has 0 saturated carbocycles. The molecule has 1 aromatic carbocycles. The van der Waals surface area contributed by atoms with E-state index in [1.165, 1.54) is 27.4 Å². The molecule has 1 fully saturated rings. The van der Waals surface area contributed by atoms with Gasteiger partial charge in [-0.25, -0.2) is 0 Å². The van der Waals surface area contributed by atoms with Crippen molar-refractivity contribution in [1.82, 2.24) is 4.90 Å². The average molecular weight is 315 g/mol. The fourth-order valence-corrected chi connectivity index (χ4v) is 3.60. The van der Waals surface area contributed by atoms with E-state index in [9.17, 15) is 0 Å². The first-order valence-corrected chi connectivity index (χ1v) is 8.82. The molecule has 2 heterocycles. The molecule has 0 radical (unpaired) electrons. The molecule has 0 unspecified atom stereocenters. The standard InChI is InChI=1S/C18H25N3S/c1-14-10-17(21-8-6-20(3)7-9-21)4-5-18(14)19-12-16-11-15(2)22-13-16/h4-5,10-11,13,19H,6-9,12H2,1-3H3. The molecule has 1 aliphatic heterocycles. The second kappa shape index (κ2) is 6.71. The van der Waals surface area contributed by atoms with Crippen LogP contribution in [0.3, 0.4) is 0 Å². The number of hydrogen-bond donors (Lipinski definition) is 1. The predicted molar refractivity (Wildman–Crippen MR) is 97.3 cm³/mol. The summed E-state index contributed by atoms with van der Waals surface area (Å²) in [4.78, 5) is 6.25. The Morgan fingerprint density at radius 3 is 2.50 bits per heavy atom. The summed E-state index contributed by atoms with van der Waals surface area (Å²) in [5, 5.41) is 5.79. The third-order valence-corrected chi connectivity index (χ3v) is 5.26. The van der Waals surface area contributed by atoms with Crippen LogP contribution in [0.5, 0.6) is 0 Å². The zero-order chi connectivity index (χ0) is 15.5. The van der Waals surface area contributed by atoms with Crippen LogP contribution in [0.25, 0.3) is 0 Å². The van der Waals surface area contributed by atoms with Crippen molar-refractivity contribution in [2.75, 3.05) is 43.4 Å². The number of piperazine rings is 1. The highest BCUT2D eigenvalue weighted by molar-refractivity contribution is 7.10. The van der Waals surface area contributed by atoms with Gasteiger partial charge in [0.25, 0.3) is 0 Å². The lowest BCUT2D eigenvalue weighted by molar-refractivity contribution is 0.313. The molecule has 1 saturated heterocycles. The van der Waals surface area contributed by atoms with Crippen LogP contribution >= 0.6 is 11.3 Å². The Kier molecular flexibility index (Phi) is 4.69. The van der Waals surface area contributed by atoms with Gasteiger partial charge in [-0.15, -0.1) is 11.3 Å². The van der Waals surface area contributed by atoms with Crippen molar-refractivity contribution in [1.29, 1.82) is 0 Å². The molecule has 1 aliphatic rings. The molecule has 3 nitrogen and oxygen atoms in total. The van der Waals surface area contributed by atoms with Crippen LogP contribution in [-0.2, 0) is 6.54 Å². The zero-order valence-corrected chi connectivity index (χ0v) is 14.5. The minimum absolute atomic E-state index is 0.902. The maximum absolute atomic E-state index is 3.56. The van der Waals surface area contributed by atoms with Crippen LogP contribution in [0.4, 0.5) is 11.4 Å². The summed E-state index contributed by atoms with van der Waals surface area (Å²) in [6, 6.07) is 9.04. The fraction of sp³-hybridized carbons (Fsp3) is 0.444. The highest BCUT2D eigenvalue weighted by Gasteiger charge is 2.14. The zero-order valence-electron chi connectivity index (χ0n) is 13.7. The van der Waals surface area contributed by atoms with E-state index in [4.69, 9.17) is 0 Å². The summed E-state index contributed by atoms with van der Waals surface area (Å²) in [5.74, 6) is 0. The highest BCUT2D eigenvalue weighted by atomic mass is 32.1. The predicted octanol–water partition coefficient (Wildman–Crippen LogP) is 3.73. The number of nitrogens with zero attached hydrogens (tertiary/aromatic N) is 2. The second-order valence-corrected chi connectivity index (χ2v) is 7.32. The van der Waals surface area contributed by atoms with Crippen molar-refractivity contribution in [3.63, 3.8) is 0 Å². The Balaban J connectivity index is 1.64. The maximum atomic E-state index is 3.56. The molecule has 0 amide bonds. The largest absolute Gasteiger partial charge is 0.381 e. The average Bonchev–Trinajstić information content (AvgIpc) is 2.92. The number of hydrogen-bond acceptors (Lipinski definition) is 4. The summed E-state index contributed by atoms with van der Waals surface area (Å²) in [6.07, 6.45) is 0. The number of benzene rings is 1. The van der Waals surface area contributed by atoms with Gasteiger partial charge in [0.05, 0.1) is 0 Å². The van der Waals surface area contributed by atoms with Crippen LogP contribution in [0.1, 0.15) is 16.0 Å². The Morgan fingerprint density at radius 1 is 1.09 bits per heavy atom. The summed E-state index contributed by atoms with van der Waals surface area (Å²) in [5.41, 5.74) is 5.28. The van der Waals surface area contributed by atoms with Crippen molar-refractivity contribution in [3.8, 4) is 0 Å². The van der Waals surface area contributed by atoms with E-state index in [1.54, 1.807) is 0 Å². The Morgan fingerprint density at radius 2 is 1.86 bits per heavy atom. The number of likely N-dealkylation sites (N-methyl/N-ethyl adjacent to an activating group) is 1. The van der Waals surface area contributed by atoms with Crippen LogP contribution in [0.15, 0.2) is 29.6 Å². The number of aryl methyl sites for hydroxylation is 2. The molecule has 0 atom stereocenters. The van der Waals surface area contributed by atoms with E-state index >= 15 is 0 Å². The molecule has 0 spiro atoms. The van der Waals surface area contributed by atoms with Crippen molar-refractivity contribution >= 4 is 22.7 Å². The van der Waals surface area contributed by atoms with E-state index in [1.807, 2.05) is 11.3 Å². The Bertz CT molecular complexity index is 627. The smallest absolute Gasteiger partial charge is 0.0409 e. The van der Waals surface area contributed by atoms with E-state index in [2.05, 4.69) is 65.7 Å². The summed E-state index contributed by atoms with van der Waals surface area (Å²) in [6.45, 7) is 9.80. The number of thiophene rings is 1. The first-order chi connectivity index (χ1) is 10.6. The van der Waals surface area contributed by atoms with E-state index < -0.39 is 0 Å². The molecule has 118 valence electrons. The third kappa shape index (κ3) is 3.62. The molecular formula is C18H25N3S. The summed E-state index contributed by atoms with van der Waals surface area (Å²) >= 11 is 1.81. The minimum atomic E-state index is 0.902. The number of anilines is 2. The normalized spacial score (nSPS) is 16.0. The van der Waals surface area contributed by atoms with Gasteiger partial charge in [-0.2, -0.15) is 0 Å². The lowest BCUT2D eigenvalue weighted by Crippen LogP contribution is -2.44. The van der Waals surface area contributed by atoms with Gasteiger partial charge in [0, 0.05) is 49.0 Å². The number of rotatable bonds is 4. The van der Waals surface area contributed by atoms with Crippen molar-refractivity contribution in [2.24, 2.45) is 0 Å². The van der Waals surface area contributed by atoms with Crippen LogP contribution in [0.2, 0.25) is 0 Å². The van der Waals surface area contributed by atoms with Gasteiger partial charge in [-0.1, -0.05) is 0 Å². The molecule has 22 heavy (non-hydrogen) atoms. The Hall–Kier alpha value is -1.52. The van der Waals surface area contributed by atoms with Crippen molar-refractivity contribution < 1.29 is 0 Å². The summed E-state index contributed by atoms with van der Waals surface area (Å²) in [7, 11) is 2.20. The Labute approximate surface area is 137 Å². The van der Waals surface area contributed by atoms with E-state index in [-0.39, 0.29) is 0 Å². The topological polar surface area (TPSA) is 18.5 Å². The van der Waals surface area contributed by atoms with Crippen molar-refractivity contribution in [3.05, 3.63) is 45.6 Å². The molecular weight excluding hydrogens is 290 g/mol. The van der Waals surface area contributed by atoms with Crippen LogP contribution in [0, 0.1) is 13.8 Å². The fourth-order valence-electron chi connectivity index (χ4n) is 2.90. The lowest BCUT2D eigenvalue weighted by Gasteiger charge is -2.34. The monoisotopic (exact) mass is 315 g/mol. The van der Waals surface area contributed by atoms with Gasteiger partial charge in [0.2, 0.25) is 0 Å². The van der Waals surface area contributed by atoms with Crippen molar-refractivity contribution in [2.45, 2.75) is 20.4 Å². The molecule has 1 N–H and O–H groups in total. The quantitative estimate of drug-likeness (QED) is 0.927. The molecule has 1 aromatic heterocycles. The van der Waals surface area contributed by atoms with Gasteiger partial charge >= 0.3 is 0 Å². The first-order valence-electron chi connectivity index (χ1n) is 7.94. The maximum Gasteiger partial charge on any atom is 0.0409 e. The molecule has 3 rings (SSSR count). The van der Waals surface area contributed by atoms with Gasteiger partial charge in [-0.05, 0) is 61.7 Å². The molecule has 0 aliphatic carbocycles. The van der Waals surface area contributed by atoms with E-state index in [0.717, 1.165) is 32.7 Å².